The zero-order chi connectivity index (χ0) is 12.8. The lowest BCUT2D eigenvalue weighted by Gasteiger charge is -2.14. The topological polar surface area (TPSA) is 38.4 Å². The van der Waals surface area contributed by atoms with Crippen molar-refractivity contribution < 1.29 is 0 Å². The fourth-order valence-corrected chi connectivity index (χ4v) is 2.00. The molecule has 2 nitrogen and oxygen atoms in total. The van der Waals surface area contributed by atoms with Crippen molar-refractivity contribution in [2.24, 2.45) is 10.7 Å². The molecule has 2 rings (SSSR count). The second-order valence-corrected chi connectivity index (χ2v) is 4.72. The van der Waals surface area contributed by atoms with Crippen LogP contribution in [0.4, 0.5) is 0 Å². The van der Waals surface area contributed by atoms with Gasteiger partial charge >= 0.3 is 0 Å². The van der Waals surface area contributed by atoms with E-state index in [0.29, 0.717) is 5.17 Å². The molecule has 0 atom stereocenters. The van der Waals surface area contributed by atoms with Crippen molar-refractivity contribution in [2.45, 2.75) is 6.04 Å². The number of benzene rings is 2. The van der Waals surface area contributed by atoms with E-state index in [4.69, 9.17) is 5.73 Å². The molecular weight excluding hydrogens is 240 g/mol. The Morgan fingerprint density at radius 1 is 0.944 bits per heavy atom. The van der Waals surface area contributed by atoms with Crippen LogP contribution in [0.1, 0.15) is 17.2 Å². The average Bonchev–Trinajstić information content (AvgIpc) is 2.46. The fourth-order valence-electron chi connectivity index (χ4n) is 1.79. The van der Waals surface area contributed by atoms with Crippen LogP contribution in [0.15, 0.2) is 65.7 Å². The highest BCUT2D eigenvalue weighted by molar-refractivity contribution is 8.13. The Labute approximate surface area is 112 Å². The molecule has 0 saturated carbocycles. The lowest BCUT2D eigenvalue weighted by molar-refractivity contribution is 0.874. The van der Waals surface area contributed by atoms with Crippen LogP contribution in [-0.4, -0.2) is 11.4 Å². The van der Waals surface area contributed by atoms with Crippen molar-refractivity contribution in [1.82, 2.24) is 0 Å². The lowest BCUT2D eigenvalue weighted by Crippen LogP contribution is -2.09. The normalized spacial score (nSPS) is 11.8. The zero-order valence-electron chi connectivity index (χ0n) is 10.3. The first-order valence-electron chi connectivity index (χ1n) is 5.78. The van der Waals surface area contributed by atoms with Gasteiger partial charge in [-0.05, 0) is 17.4 Å². The Morgan fingerprint density at radius 2 is 1.39 bits per heavy atom. The summed E-state index contributed by atoms with van der Waals surface area (Å²) in [5, 5.41) is 0.604. The van der Waals surface area contributed by atoms with Gasteiger partial charge in [-0.2, -0.15) is 0 Å². The SMILES string of the molecule is CSC(N)=NC(c1ccccc1)c1ccccc1. The van der Waals surface area contributed by atoms with Crippen molar-refractivity contribution in [3.05, 3.63) is 71.8 Å². The van der Waals surface area contributed by atoms with Crippen LogP contribution < -0.4 is 5.73 Å². The van der Waals surface area contributed by atoms with Crippen LogP contribution in [0.3, 0.4) is 0 Å². The lowest BCUT2D eigenvalue weighted by atomic mass is 9.99. The van der Waals surface area contributed by atoms with Crippen molar-refractivity contribution in [3.63, 3.8) is 0 Å². The molecule has 0 fully saturated rings. The van der Waals surface area contributed by atoms with Gasteiger partial charge in [0, 0.05) is 0 Å². The molecule has 0 aromatic heterocycles. The summed E-state index contributed by atoms with van der Waals surface area (Å²) in [6, 6.07) is 20.4. The number of amidine groups is 1. The van der Waals surface area contributed by atoms with Crippen LogP contribution in [0.5, 0.6) is 0 Å². The molecule has 0 radical (unpaired) electrons. The van der Waals surface area contributed by atoms with E-state index in [0.717, 1.165) is 11.1 Å². The summed E-state index contributed by atoms with van der Waals surface area (Å²) >= 11 is 1.47. The molecule has 0 spiro atoms. The van der Waals surface area contributed by atoms with E-state index in [1.165, 1.54) is 11.8 Å². The second-order valence-electron chi connectivity index (χ2n) is 3.90. The van der Waals surface area contributed by atoms with Gasteiger partial charge < -0.3 is 5.73 Å². The van der Waals surface area contributed by atoms with Crippen LogP contribution in [0, 0.1) is 0 Å². The molecule has 92 valence electrons. The van der Waals surface area contributed by atoms with E-state index in [-0.39, 0.29) is 6.04 Å². The van der Waals surface area contributed by atoms with Gasteiger partial charge in [-0.15, -0.1) is 0 Å². The van der Waals surface area contributed by atoms with Gasteiger partial charge in [0.1, 0.15) is 6.04 Å². The summed E-state index contributed by atoms with van der Waals surface area (Å²) in [4.78, 5) is 4.59. The predicted octanol–water partition coefficient (Wildman–Crippen LogP) is 3.45. The van der Waals surface area contributed by atoms with E-state index in [2.05, 4.69) is 29.3 Å². The van der Waals surface area contributed by atoms with Crippen LogP contribution in [-0.2, 0) is 0 Å². The molecule has 0 saturated heterocycles. The van der Waals surface area contributed by atoms with Crippen LogP contribution in [0.2, 0.25) is 0 Å². The molecule has 0 amide bonds. The quantitative estimate of drug-likeness (QED) is 0.674. The summed E-state index contributed by atoms with van der Waals surface area (Å²) in [7, 11) is 0. The highest BCUT2D eigenvalue weighted by atomic mass is 32.2. The van der Waals surface area contributed by atoms with Crippen molar-refractivity contribution in [3.8, 4) is 0 Å². The molecule has 18 heavy (non-hydrogen) atoms. The van der Waals surface area contributed by atoms with Crippen LogP contribution in [0.25, 0.3) is 0 Å². The third kappa shape index (κ3) is 3.14. The zero-order valence-corrected chi connectivity index (χ0v) is 11.1. The molecule has 0 heterocycles. The Balaban J connectivity index is 2.42. The highest BCUT2D eigenvalue weighted by Gasteiger charge is 2.12. The smallest absolute Gasteiger partial charge is 0.154 e. The first kappa shape index (κ1) is 12.7. The predicted molar refractivity (Wildman–Crippen MR) is 79.9 cm³/mol. The van der Waals surface area contributed by atoms with E-state index >= 15 is 0 Å². The summed E-state index contributed by atoms with van der Waals surface area (Å²) in [6.07, 6.45) is 1.94. The number of thioether (sulfide) groups is 1. The number of rotatable bonds is 3. The standard InChI is InChI=1S/C15H16N2S/c1-18-15(16)17-14(12-8-4-2-5-9-12)13-10-6-3-7-11-13/h2-11,14H,1H3,(H2,16,17). The molecule has 2 N–H and O–H groups in total. The van der Waals surface area contributed by atoms with Crippen LogP contribution >= 0.6 is 11.8 Å². The maximum atomic E-state index is 5.86. The van der Waals surface area contributed by atoms with Gasteiger partial charge in [-0.25, -0.2) is 4.99 Å². The molecule has 0 bridgehead atoms. The summed E-state index contributed by atoms with van der Waals surface area (Å²) in [5.74, 6) is 0. The monoisotopic (exact) mass is 256 g/mol. The minimum atomic E-state index is -0.0279. The molecule has 0 aliphatic carbocycles. The largest absolute Gasteiger partial charge is 0.379 e. The summed E-state index contributed by atoms with van der Waals surface area (Å²) in [5.41, 5.74) is 8.17. The van der Waals surface area contributed by atoms with Crippen molar-refractivity contribution >= 4 is 16.9 Å². The molecule has 2 aromatic carbocycles. The first-order valence-corrected chi connectivity index (χ1v) is 7.01. The molecule has 0 unspecified atom stereocenters. The Hall–Kier alpha value is -1.74. The summed E-state index contributed by atoms with van der Waals surface area (Å²) < 4.78 is 0. The first-order chi connectivity index (χ1) is 8.81. The van der Waals surface area contributed by atoms with Gasteiger partial charge in [-0.3, -0.25) is 0 Å². The van der Waals surface area contributed by atoms with Crippen molar-refractivity contribution in [2.75, 3.05) is 6.26 Å². The van der Waals surface area contributed by atoms with Gasteiger partial charge in [0.05, 0.1) is 0 Å². The van der Waals surface area contributed by atoms with E-state index in [1.54, 1.807) is 0 Å². The van der Waals surface area contributed by atoms with Gasteiger partial charge in [0.25, 0.3) is 0 Å². The van der Waals surface area contributed by atoms with Crippen molar-refractivity contribution in [1.29, 1.82) is 0 Å². The minimum Gasteiger partial charge on any atom is -0.379 e. The Morgan fingerprint density at radius 3 is 1.78 bits per heavy atom. The molecular formula is C15H16N2S. The maximum absolute atomic E-state index is 5.86. The van der Waals surface area contributed by atoms with Gasteiger partial charge in [0.2, 0.25) is 0 Å². The summed E-state index contributed by atoms with van der Waals surface area (Å²) in [6.45, 7) is 0. The molecule has 2 aromatic rings. The molecule has 0 aliphatic heterocycles. The molecule has 0 aliphatic rings. The van der Waals surface area contributed by atoms with E-state index < -0.39 is 0 Å². The minimum absolute atomic E-state index is 0.0279. The fraction of sp³-hybridized carbons (Fsp3) is 0.133. The maximum Gasteiger partial charge on any atom is 0.154 e. The average molecular weight is 256 g/mol. The third-order valence-electron chi connectivity index (χ3n) is 2.70. The number of nitrogens with two attached hydrogens (primary N) is 1. The third-order valence-corrected chi connectivity index (χ3v) is 3.22. The number of hydrogen-bond acceptors (Lipinski definition) is 2. The highest BCUT2D eigenvalue weighted by Crippen LogP contribution is 2.26. The van der Waals surface area contributed by atoms with Gasteiger partial charge in [-0.1, -0.05) is 72.4 Å². The Bertz CT molecular complexity index is 469. The number of hydrogen-bond donors (Lipinski definition) is 1. The Kier molecular flexibility index (Phi) is 4.42. The number of nitrogens with zero attached hydrogens (tertiary/aromatic N) is 1. The second kappa shape index (κ2) is 6.26. The molecule has 3 heteroatoms. The van der Waals surface area contributed by atoms with E-state index in [9.17, 15) is 0 Å². The van der Waals surface area contributed by atoms with E-state index in [1.807, 2.05) is 42.7 Å². The number of aliphatic imine (C=N–C) groups is 1. The van der Waals surface area contributed by atoms with Gasteiger partial charge in [0.15, 0.2) is 5.17 Å².